The Morgan fingerprint density at radius 2 is 1.53 bits per heavy atom. The van der Waals surface area contributed by atoms with E-state index in [-0.39, 0.29) is 23.8 Å². The zero-order valence-corrected chi connectivity index (χ0v) is 25.9. The summed E-state index contributed by atoms with van der Waals surface area (Å²) in [4.78, 5) is 46.4. The molecule has 5 atom stereocenters. The van der Waals surface area contributed by atoms with Gasteiger partial charge in [0.2, 0.25) is 17.7 Å². The maximum absolute atomic E-state index is 14.3. The van der Waals surface area contributed by atoms with Gasteiger partial charge in [0, 0.05) is 24.8 Å². The van der Waals surface area contributed by atoms with E-state index in [0.29, 0.717) is 24.5 Å². The number of amides is 3. The highest BCUT2D eigenvalue weighted by Crippen LogP contribution is 2.55. The van der Waals surface area contributed by atoms with Gasteiger partial charge < -0.3 is 29.9 Å². The molecule has 45 heavy (non-hydrogen) atoms. The van der Waals surface area contributed by atoms with E-state index in [4.69, 9.17) is 9.47 Å². The summed E-state index contributed by atoms with van der Waals surface area (Å²) < 4.78 is 12.4. The molecule has 238 valence electrons. The van der Waals surface area contributed by atoms with Crippen molar-refractivity contribution in [3.05, 3.63) is 66.7 Å². The molecule has 4 fully saturated rings. The van der Waals surface area contributed by atoms with Crippen LogP contribution in [0.3, 0.4) is 0 Å². The summed E-state index contributed by atoms with van der Waals surface area (Å²) in [7, 11) is 0. The summed E-state index contributed by atoms with van der Waals surface area (Å²) in [6, 6.07) is 16.0. The standard InChI is InChI=1S/C36H44N4O5/c41-33(37-26-15-17-28(18-16-26)44-27-13-7-4-8-14-27)30-29-19-20-36(45-29)31(30)35(43)40(24-23-39-21-9-1-2-10-22-39)32(36)34(42)38-25-11-5-3-6-12-25/h4,7-8,13-20,25,29-32H,1-3,5-6,9-12,21-24H2,(H,37,41)(H,38,42)/t29-,30+,31-,32-,36-/m1/s1. The third-order valence-corrected chi connectivity index (χ3v) is 10.3. The summed E-state index contributed by atoms with van der Waals surface area (Å²) in [6.45, 7) is 3.17. The Morgan fingerprint density at radius 1 is 0.844 bits per heavy atom. The largest absolute Gasteiger partial charge is 0.457 e. The fourth-order valence-electron chi connectivity index (χ4n) is 8.10. The molecule has 4 aliphatic heterocycles. The highest BCUT2D eigenvalue weighted by atomic mass is 16.5. The lowest BCUT2D eigenvalue weighted by atomic mass is 9.74. The van der Waals surface area contributed by atoms with Crippen molar-refractivity contribution >= 4 is 23.4 Å². The first-order valence-electron chi connectivity index (χ1n) is 16.9. The highest BCUT2D eigenvalue weighted by molar-refractivity contribution is 6.02. The Morgan fingerprint density at radius 3 is 2.27 bits per heavy atom. The molecule has 5 aliphatic rings. The number of nitrogens with one attached hydrogen (secondary N) is 2. The maximum atomic E-state index is 14.3. The fraction of sp³-hybridized carbons (Fsp3) is 0.528. The Bertz CT molecular complexity index is 1400. The third-order valence-electron chi connectivity index (χ3n) is 10.3. The number of hydrogen-bond acceptors (Lipinski definition) is 6. The van der Waals surface area contributed by atoms with Gasteiger partial charge >= 0.3 is 0 Å². The van der Waals surface area contributed by atoms with Crippen molar-refractivity contribution in [1.29, 1.82) is 0 Å². The molecule has 4 heterocycles. The molecule has 7 rings (SSSR count). The molecular formula is C36H44N4O5. The number of para-hydroxylation sites is 1. The Balaban J connectivity index is 1.09. The van der Waals surface area contributed by atoms with Crippen LogP contribution in [0.1, 0.15) is 57.8 Å². The van der Waals surface area contributed by atoms with Crippen molar-refractivity contribution in [3.63, 3.8) is 0 Å². The lowest BCUT2D eigenvalue weighted by molar-refractivity contribution is -0.141. The van der Waals surface area contributed by atoms with E-state index in [2.05, 4.69) is 15.5 Å². The Labute approximate surface area is 265 Å². The van der Waals surface area contributed by atoms with Crippen molar-refractivity contribution in [2.75, 3.05) is 31.5 Å². The number of likely N-dealkylation sites (tertiary alicyclic amines) is 2. The SMILES string of the molecule is O=C(Nc1ccc(Oc2ccccc2)cc1)[C@H]1[C@H]2C=C[C@@]3(O2)[C@H]1C(=O)N(CCN1CCCCCC1)[C@@H]3C(=O)NC1CCCCC1. The van der Waals surface area contributed by atoms with E-state index < -0.39 is 29.6 Å². The topological polar surface area (TPSA) is 100 Å². The van der Waals surface area contributed by atoms with Crippen LogP contribution >= 0.6 is 0 Å². The quantitative estimate of drug-likeness (QED) is 0.391. The summed E-state index contributed by atoms with van der Waals surface area (Å²) in [6.07, 6.45) is 13.3. The monoisotopic (exact) mass is 612 g/mol. The molecule has 0 aromatic heterocycles. The smallest absolute Gasteiger partial charge is 0.246 e. The predicted molar refractivity (Wildman–Crippen MR) is 171 cm³/mol. The summed E-state index contributed by atoms with van der Waals surface area (Å²) in [5.41, 5.74) is -0.537. The van der Waals surface area contributed by atoms with Gasteiger partial charge in [-0.1, -0.05) is 62.5 Å². The Kier molecular flexibility index (Phi) is 8.64. The molecule has 2 aromatic carbocycles. The van der Waals surface area contributed by atoms with E-state index in [1.54, 1.807) is 29.2 Å². The van der Waals surface area contributed by atoms with E-state index in [0.717, 1.165) is 57.4 Å². The number of nitrogens with zero attached hydrogens (tertiary/aromatic N) is 2. The molecule has 3 saturated heterocycles. The maximum Gasteiger partial charge on any atom is 0.246 e. The molecule has 0 radical (unpaired) electrons. The molecule has 2 N–H and O–H groups in total. The summed E-state index contributed by atoms with van der Waals surface area (Å²) in [5, 5.41) is 6.30. The van der Waals surface area contributed by atoms with Gasteiger partial charge in [-0.25, -0.2) is 0 Å². The minimum atomic E-state index is -1.14. The van der Waals surface area contributed by atoms with Crippen molar-refractivity contribution in [2.24, 2.45) is 11.8 Å². The van der Waals surface area contributed by atoms with Crippen molar-refractivity contribution in [3.8, 4) is 11.5 Å². The number of anilines is 1. The molecule has 1 spiro atoms. The second-order valence-corrected chi connectivity index (χ2v) is 13.3. The van der Waals surface area contributed by atoms with Crippen molar-refractivity contribution < 1.29 is 23.9 Å². The molecular weight excluding hydrogens is 568 g/mol. The number of carbonyl (C=O) groups excluding carboxylic acids is 3. The van der Waals surface area contributed by atoms with Crippen LogP contribution in [0.2, 0.25) is 0 Å². The van der Waals surface area contributed by atoms with Gasteiger partial charge in [0.1, 0.15) is 23.1 Å². The van der Waals surface area contributed by atoms with Gasteiger partial charge in [0.25, 0.3) is 0 Å². The van der Waals surface area contributed by atoms with Gasteiger partial charge in [0.05, 0.1) is 17.9 Å². The van der Waals surface area contributed by atoms with Crippen LogP contribution in [0.25, 0.3) is 0 Å². The molecule has 1 aliphatic carbocycles. The first-order valence-corrected chi connectivity index (χ1v) is 16.9. The zero-order chi connectivity index (χ0) is 30.8. The summed E-state index contributed by atoms with van der Waals surface area (Å²) in [5.74, 6) is -0.687. The highest BCUT2D eigenvalue weighted by Gasteiger charge is 2.72. The second kappa shape index (κ2) is 13.0. The van der Waals surface area contributed by atoms with Crippen molar-refractivity contribution in [1.82, 2.24) is 15.1 Å². The van der Waals surface area contributed by atoms with E-state index in [1.165, 1.54) is 19.3 Å². The number of rotatable bonds is 9. The third kappa shape index (κ3) is 6.00. The number of fused-ring (bicyclic) bond motifs is 1. The normalized spacial score (nSPS) is 29.8. The average molecular weight is 613 g/mol. The van der Waals surface area contributed by atoms with Crippen LogP contribution in [-0.2, 0) is 19.1 Å². The minimum Gasteiger partial charge on any atom is -0.457 e. The van der Waals surface area contributed by atoms with Gasteiger partial charge in [0.15, 0.2) is 0 Å². The lowest BCUT2D eigenvalue weighted by Crippen LogP contribution is -2.57. The lowest BCUT2D eigenvalue weighted by Gasteiger charge is -2.35. The molecule has 3 amide bonds. The average Bonchev–Trinajstić information content (AvgIpc) is 3.60. The first-order chi connectivity index (χ1) is 22.0. The molecule has 1 saturated carbocycles. The molecule has 9 nitrogen and oxygen atoms in total. The van der Waals surface area contributed by atoms with Crippen LogP contribution in [-0.4, -0.2) is 77.5 Å². The van der Waals surface area contributed by atoms with Gasteiger partial charge in [-0.05, 0) is 75.2 Å². The minimum absolute atomic E-state index is 0.111. The van der Waals surface area contributed by atoms with Crippen LogP contribution in [0.15, 0.2) is 66.7 Å². The molecule has 0 unspecified atom stereocenters. The molecule has 2 aromatic rings. The van der Waals surface area contributed by atoms with Gasteiger partial charge in [-0.2, -0.15) is 0 Å². The fourth-order valence-corrected chi connectivity index (χ4v) is 8.10. The second-order valence-electron chi connectivity index (χ2n) is 13.3. The van der Waals surface area contributed by atoms with E-state index >= 15 is 0 Å². The predicted octanol–water partition coefficient (Wildman–Crippen LogP) is 4.89. The zero-order valence-electron chi connectivity index (χ0n) is 25.9. The van der Waals surface area contributed by atoms with Crippen LogP contribution < -0.4 is 15.4 Å². The van der Waals surface area contributed by atoms with Gasteiger partial charge in [-0.15, -0.1) is 0 Å². The van der Waals surface area contributed by atoms with Crippen LogP contribution in [0.5, 0.6) is 11.5 Å². The van der Waals surface area contributed by atoms with Crippen molar-refractivity contribution in [2.45, 2.75) is 81.6 Å². The van der Waals surface area contributed by atoms with Gasteiger partial charge in [-0.3, -0.25) is 14.4 Å². The van der Waals surface area contributed by atoms with E-state index in [1.807, 2.05) is 42.5 Å². The summed E-state index contributed by atoms with van der Waals surface area (Å²) >= 11 is 0. The number of ether oxygens (including phenoxy) is 2. The first kappa shape index (κ1) is 30.0. The number of benzene rings is 2. The number of hydrogen-bond donors (Lipinski definition) is 2. The van der Waals surface area contributed by atoms with Crippen LogP contribution in [0, 0.1) is 11.8 Å². The van der Waals surface area contributed by atoms with E-state index in [9.17, 15) is 14.4 Å². The number of carbonyl (C=O) groups is 3. The van der Waals surface area contributed by atoms with Crippen LogP contribution in [0.4, 0.5) is 5.69 Å². The Hall–Kier alpha value is -3.69. The molecule has 9 heteroatoms. The molecule has 2 bridgehead atoms.